The molecule has 3 aromatic rings. The third kappa shape index (κ3) is 6.05. The van der Waals surface area contributed by atoms with E-state index in [9.17, 15) is 0 Å². The predicted octanol–water partition coefficient (Wildman–Crippen LogP) is 4.00. The minimum absolute atomic E-state index is 0.468. The lowest BCUT2D eigenvalue weighted by molar-refractivity contribution is 0.196. The fraction of sp³-hybridized carbons (Fsp3) is 0.385. The van der Waals surface area contributed by atoms with Gasteiger partial charge in [-0.1, -0.05) is 48.5 Å². The fourth-order valence-electron chi connectivity index (χ4n) is 4.27. The molecule has 2 aromatic carbocycles. The van der Waals surface area contributed by atoms with Crippen molar-refractivity contribution in [2.45, 2.75) is 38.8 Å². The van der Waals surface area contributed by atoms with Gasteiger partial charge in [0.05, 0.1) is 5.69 Å². The maximum absolute atomic E-state index is 4.87. The molecule has 0 spiro atoms. The van der Waals surface area contributed by atoms with Gasteiger partial charge in [-0.05, 0) is 54.7 Å². The lowest BCUT2D eigenvalue weighted by atomic mass is 10.0. The van der Waals surface area contributed by atoms with Crippen molar-refractivity contribution in [3.05, 3.63) is 78.1 Å². The van der Waals surface area contributed by atoms with E-state index in [1.54, 1.807) is 0 Å². The summed E-state index contributed by atoms with van der Waals surface area (Å²) in [6, 6.07) is 21.7. The van der Waals surface area contributed by atoms with Gasteiger partial charge in [-0.15, -0.1) is 0 Å². The number of likely N-dealkylation sites (tertiary alicyclic amines) is 1. The van der Waals surface area contributed by atoms with E-state index < -0.39 is 0 Å². The van der Waals surface area contributed by atoms with Gasteiger partial charge in [0.2, 0.25) is 0 Å². The van der Waals surface area contributed by atoms with Crippen LogP contribution in [-0.2, 0) is 13.0 Å². The van der Waals surface area contributed by atoms with E-state index in [1.165, 1.54) is 16.3 Å². The summed E-state index contributed by atoms with van der Waals surface area (Å²) in [7, 11) is 0. The highest BCUT2D eigenvalue weighted by molar-refractivity contribution is 5.85. The molecule has 1 fully saturated rings. The molecule has 0 atom stereocenters. The molecule has 162 valence electrons. The highest BCUT2D eigenvalue weighted by Crippen LogP contribution is 2.19. The number of pyridine rings is 1. The third-order valence-electron chi connectivity index (χ3n) is 5.92. The first-order valence-corrected chi connectivity index (χ1v) is 11.5. The van der Waals surface area contributed by atoms with Crippen LogP contribution in [0.2, 0.25) is 0 Å². The summed E-state index contributed by atoms with van der Waals surface area (Å²) in [5.74, 6) is 0.936. The molecule has 0 bridgehead atoms. The average Bonchev–Trinajstić information content (AvgIpc) is 2.81. The van der Waals surface area contributed by atoms with E-state index in [-0.39, 0.29) is 0 Å². The predicted molar refractivity (Wildman–Crippen MR) is 129 cm³/mol. The Morgan fingerprint density at radius 2 is 1.84 bits per heavy atom. The molecule has 2 heterocycles. The van der Waals surface area contributed by atoms with Gasteiger partial charge in [-0.2, -0.15) is 0 Å². The van der Waals surface area contributed by atoms with Gasteiger partial charge >= 0.3 is 0 Å². The standard InChI is InChI=1S/C26H33N5/c1-2-27-26(29-17-13-22-10-7-9-21-8-3-4-12-25(21)22)30-23-14-18-31(19-15-23)20-24-11-5-6-16-28-24/h3-12,16,23H,2,13-15,17-20H2,1H3,(H2,27,29,30). The van der Waals surface area contributed by atoms with Crippen LogP contribution in [0.15, 0.2) is 71.9 Å². The summed E-state index contributed by atoms with van der Waals surface area (Å²) < 4.78 is 0. The summed E-state index contributed by atoms with van der Waals surface area (Å²) in [6.45, 7) is 6.89. The van der Waals surface area contributed by atoms with Gasteiger partial charge in [0.15, 0.2) is 5.96 Å². The number of benzene rings is 2. The summed E-state index contributed by atoms with van der Waals surface area (Å²) in [6.07, 6.45) is 5.07. The zero-order valence-electron chi connectivity index (χ0n) is 18.4. The Balaban J connectivity index is 1.29. The van der Waals surface area contributed by atoms with Crippen LogP contribution in [0.3, 0.4) is 0 Å². The van der Waals surface area contributed by atoms with Crippen LogP contribution in [0, 0.1) is 0 Å². The third-order valence-corrected chi connectivity index (χ3v) is 5.92. The van der Waals surface area contributed by atoms with Gasteiger partial charge in [0, 0.05) is 45.0 Å². The minimum Gasteiger partial charge on any atom is -0.357 e. The Bertz CT molecular complexity index is 972. The summed E-state index contributed by atoms with van der Waals surface area (Å²) in [5.41, 5.74) is 2.51. The molecule has 2 N–H and O–H groups in total. The van der Waals surface area contributed by atoms with Gasteiger partial charge in [-0.25, -0.2) is 0 Å². The molecule has 1 aliphatic rings. The van der Waals surface area contributed by atoms with Gasteiger partial charge in [0.1, 0.15) is 0 Å². The van der Waals surface area contributed by atoms with Crippen molar-refractivity contribution >= 4 is 16.7 Å². The molecule has 1 aliphatic heterocycles. The van der Waals surface area contributed by atoms with Gasteiger partial charge in [-0.3, -0.25) is 14.9 Å². The van der Waals surface area contributed by atoms with Crippen molar-refractivity contribution < 1.29 is 0 Å². The number of rotatable bonds is 7. The Morgan fingerprint density at radius 3 is 2.65 bits per heavy atom. The van der Waals surface area contributed by atoms with Crippen molar-refractivity contribution in [3.8, 4) is 0 Å². The van der Waals surface area contributed by atoms with E-state index in [0.717, 1.165) is 63.6 Å². The SMILES string of the molecule is CCNC(=NCCc1cccc2ccccc12)NC1CCN(Cc2ccccn2)CC1. The molecule has 1 saturated heterocycles. The molecule has 0 aliphatic carbocycles. The number of hydrogen-bond donors (Lipinski definition) is 2. The number of aliphatic imine (C=N–C) groups is 1. The lowest BCUT2D eigenvalue weighted by Gasteiger charge is -2.32. The van der Waals surface area contributed by atoms with Crippen molar-refractivity contribution in [2.75, 3.05) is 26.2 Å². The Morgan fingerprint density at radius 1 is 1.03 bits per heavy atom. The maximum atomic E-state index is 4.87. The number of nitrogens with zero attached hydrogens (tertiary/aromatic N) is 3. The molecular weight excluding hydrogens is 382 g/mol. The quantitative estimate of drug-likeness (QED) is 0.452. The van der Waals surface area contributed by atoms with E-state index in [2.05, 4.69) is 82.0 Å². The largest absolute Gasteiger partial charge is 0.357 e. The second-order valence-electron chi connectivity index (χ2n) is 8.16. The number of piperidine rings is 1. The first kappa shape index (κ1) is 21.3. The van der Waals surface area contributed by atoms with Gasteiger partial charge < -0.3 is 10.6 Å². The second-order valence-corrected chi connectivity index (χ2v) is 8.16. The van der Waals surface area contributed by atoms with E-state index in [1.807, 2.05) is 12.3 Å². The van der Waals surface area contributed by atoms with Crippen molar-refractivity contribution in [1.29, 1.82) is 0 Å². The lowest BCUT2D eigenvalue weighted by Crippen LogP contribution is -2.48. The number of hydrogen-bond acceptors (Lipinski definition) is 3. The normalized spacial score (nSPS) is 15.8. The van der Waals surface area contributed by atoms with Crippen molar-refractivity contribution in [1.82, 2.24) is 20.5 Å². The Kier molecular flexibility index (Phi) is 7.51. The van der Waals surface area contributed by atoms with Crippen LogP contribution in [-0.4, -0.2) is 48.1 Å². The van der Waals surface area contributed by atoms with E-state index in [4.69, 9.17) is 4.99 Å². The maximum Gasteiger partial charge on any atom is 0.191 e. The summed E-state index contributed by atoms with van der Waals surface area (Å²) >= 11 is 0. The molecule has 4 rings (SSSR count). The minimum atomic E-state index is 0.468. The molecule has 5 nitrogen and oxygen atoms in total. The van der Waals surface area contributed by atoms with Crippen LogP contribution in [0.5, 0.6) is 0 Å². The Hall–Kier alpha value is -2.92. The molecular formula is C26H33N5. The highest BCUT2D eigenvalue weighted by Gasteiger charge is 2.20. The van der Waals surface area contributed by atoms with Gasteiger partial charge in [0.25, 0.3) is 0 Å². The number of nitrogens with one attached hydrogen (secondary N) is 2. The summed E-state index contributed by atoms with van der Waals surface area (Å²) in [5, 5.41) is 9.71. The molecule has 1 aromatic heterocycles. The second kappa shape index (κ2) is 10.9. The van der Waals surface area contributed by atoms with Crippen LogP contribution in [0.25, 0.3) is 10.8 Å². The van der Waals surface area contributed by atoms with Crippen LogP contribution >= 0.6 is 0 Å². The first-order valence-electron chi connectivity index (χ1n) is 11.5. The highest BCUT2D eigenvalue weighted by atomic mass is 15.2. The number of guanidine groups is 1. The molecule has 0 radical (unpaired) electrons. The molecule has 0 amide bonds. The van der Waals surface area contributed by atoms with E-state index >= 15 is 0 Å². The zero-order chi connectivity index (χ0) is 21.3. The monoisotopic (exact) mass is 415 g/mol. The topological polar surface area (TPSA) is 52.6 Å². The first-order chi connectivity index (χ1) is 15.3. The molecule has 0 saturated carbocycles. The molecule has 0 unspecified atom stereocenters. The van der Waals surface area contributed by atoms with Crippen molar-refractivity contribution in [3.63, 3.8) is 0 Å². The number of aromatic nitrogens is 1. The van der Waals surface area contributed by atoms with Crippen LogP contribution in [0.1, 0.15) is 31.0 Å². The van der Waals surface area contributed by atoms with Crippen LogP contribution < -0.4 is 10.6 Å². The summed E-state index contributed by atoms with van der Waals surface area (Å²) in [4.78, 5) is 11.8. The van der Waals surface area contributed by atoms with Crippen molar-refractivity contribution in [2.24, 2.45) is 4.99 Å². The fourth-order valence-corrected chi connectivity index (χ4v) is 4.27. The van der Waals surface area contributed by atoms with Crippen LogP contribution in [0.4, 0.5) is 0 Å². The molecule has 5 heteroatoms. The average molecular weight is 416 g/mol. The smallest absolute Gasteiger partial charge is 0.191 e. The number of fused-ring (bicyclic) bond motifs is 1. The molecule has 31 heavy (non-hydrogen) atoms. The van der Waals surface area contributed by atoms with E-state index in [0.29, 0.717) is 6.04 Å². The Labute approximate surface area is 185 Å². The zero-order valence-corrected chi connectivity index (χ0v) is 18.4.